The number of hydrogen-bond acceptors (Lipinski definition) is 3. The first-order valence-electron chi connectivity index (χ1n) is 8.18. The lowest BCUT2D eigenvalue weighted by Gasteiger charge is -2.06. The Labute approximate surface area is 140 Å². The second kappa shape index (κ2) is 5.67. The summed E-state index contributed by atoms with van der Waals surface area (Å²) in [6.07, 6.45) is 2.09. The zero-order valence-electron chi connectivity index (χ0n) is 13.7. The van der Waals surface area contributed by atoms with E-state index in [9.17, 15) is 4.79 Å². The molecule has 0 saturated carbocycles. The van der Waals surface area contributed by atoms with Gasteiger partial charge in [-0.3, -0.25) is 10.1 Å². The molecular weight excluding hydrogens is 302 g/mol. The number of anilines is 1. The normalized spacial score (nSPS) is 16.0. The van der Waals surface area contributed by atoms with Crippen molar-refractivity contribution >= 4 is 22.9 Å². The molecule has 0 aliphatic carbocycles. The van der Waals surface area contributed by atoms with Gasteiger partial charge in [-0.1, -0.05) is 25.1 Å². The lowest BCUT2D eigenvalue weighted by Crippen LogP contribution is -2.15. The maximum Gasteiger partial charge on any atom is 0.257 e. The average Bonchev–Trinajstić information content (AvgIpc) is 3.16. The van der Waals surface area contributed by atoms with Gasteiger partial charge in [0.15, 0.2) is 0 Å². The topological polar surface area (TPSA) is 56.2 Å². The number of carbonyl (C=O) groups is 1. The van der Waals surface area contributed by atoms with Gasteiger partial charge < -0.3 is 9.30 Å². The molecule has 1 amide bonds. The van der Waals surface area contributed by atoms with Gasteiger partial charge in [0.2, 0.25) is 5.95 Å². The minimum Gasteiger partial charge on any atom is -0.490 e. The lowest BCUT2D eigenvalue weighted by molar-refractivity contribution is 0.102. The van der Waals surface area contributed by atoms with Crippen molar-refractivity contribution in [3.63, 3.8) is 0 Å². The predicted molar refractivity (Wildman–Crippen MR) is 93.5 cm³/mol. The molecule has 0 spiro atoms. The van der Waals surface area contributed by atoms with E-state index in [0.29, 0.717) is 11.5 Å². The van der Waals surface area contributed by atoms with Crippen molar-refractivity contribution < 1.29 is 9.53 Å². The number of imidazole rings is 1. The summed E-state index contributed by atoms with van der Waals surface area (Å²) >= 11 is 0. The highest BCUT2D eigenvalue weighted by Gasteiger charge is 2.26. The fourth-order valence-corrected chi connectivity index (χ4v) is 3.22. The van der Waals surface area contributed by atoms with Crippen LogP contribution in [-0.2, 0) is 13.5 Å². The summed E-state index contributed by atoms with van der Waals surface area (Å²) in [6, 6.07) is 13.1. The van der Waals surface area contributed by atoms with Gasteiger partial charge in [0.05, 0.1) is 11.0 Å². The Morgan fingerprint density at radius 3 is 2.83 bits per heavy atom. The van der Waals surface area contributed by atoms with Crippen LogP contribution in [0.2, 0.25) is 0 Å². The third-order valence-electron chi connectivity index (χ3n) is 4.54. The number of nitrogens with one attached hydrogen (secondary N) is 1. The van der Waals surface area contributed by atoms with E-state index in [2.05, 4.69) is 17.2 Å². The Morgan fingerprint density at radius 2 is 2.08 bits per heavy atom. The molecule has 3 aromatic rings. The van der Waals surface area contributed by atoms with Crippen LogP contribution in [0.4, 0.5) is 5.95 Å². The molecule has 2 aromatic carbocycles. The smallest absolute Gasteiger partial charge is 0.257 e. The van der Waals surface area contributed by atoms with E-state index in [0.717, 1.165) is 29.6 Å². The van der Waals surface area contributed by atoms with Gasteiger partial charge in [-0.15, -0.1) is 0 Å². The fourth-order valence-electron chi connectivity index (χ4n) is 3.22. The molecule has 1 N–H and O–H groups in total. The van der Waals surface area contributed by atoms with Gasteiger partial charge in [-0.05, 0) is 30.7 Å². The molecule has 1 aliphatic rings. The molecule has 1 unspecified atom stereocenters. The predicted octanol–water partition coefficient (Wildman–Crippen LogP) is 3.54. The van der Waals surface area contributed by atoms with Crippen LogP contribution in [-0.4, -0.2) is 21.6 Å². The van der Waals surface area contributed by atoms with Crippen LogP contribution >= 0.6 is 0 Å². The van der Waals surface area contributed by atoms with Crippen molar-refractivity contribution in [1.29, 1.82) is 0 Å². The van der Waals surface area contributed by atoms with Crippen LogP contribution in [0.1, 0.15) is 29.3 Å². The Morgan fingerprint density at radius 1 is 1.29 bits per heavy atom. The molecule has 2 heterocycles. The quantitative estimate of drug-likeness (QED) is 0.803. The van der Waals surface area contributed by atoms with E-state index in [4.69, 9.17) is 4.74 Å². The summed E-state index contributed by atoms with van der Waals surface area (Å²) in [5.41, 5.74) is 3.70. The number of fused-ring (bicyclic) bond motifs is 3. The van der Waals surface area contributed by atoms with Gasteiger partial charge in [-0.2, -0.15) is 0 Å². The molecule has 1 aliphatic heterocycles. The molecule has 122 valence electrons. The lowest BCUT2D eigenvalue weighted by atomic mass is 10.1. The highest BCUT2D eigenvalue weighted by Crippen LogP contribution is 2.36. The molecule has 0 bridgehead atoms. The summed E-state index contributed by atoms with van der Waals surface area (Å²) in [7, 11) is 1.93. The third-order valence-corrected chi connectivity index (χ3v) is 4.54. The van der Waals surface area contributed by atoms with Crippen molar-refractivity contribution in [3.05, 3.63) is 53.6 Å². The van der Waals surface area contributed by atoms with Crippen LogP contribution in [0.3, 0.4) is 0 Å². The molecule has 5 heteroatoms. The third kappa shape index (κ3) is 2.33. The summed E-state index contributed by atoms with van der Waals surface area (Å²) in [4.78, 5) is 17.0. The highest BCUT2D eigenvalue weighted by molar-refractivity contribution is 6.04. The molecule has 0 fully saturated rings. The molecule has 1 aromatic heterocycles. The number of carbonyl (C=O) groups excluding carboxylic acids is 1. The SMILES string of the molecule is CCC1Cc2c(ccc3nc(NC(=O)c4ccccc4)n(C)c23)O1. The molecule has 24 heavy (non-hydrogen) atoms. The van der Waals surface area contributed by atoms with Crippen LogP contribution in [0.15, 0.2) is 42.5 Å². The first kappa shape index (κ1) is 14.8. The standard InChI is InChI=1S/C19H19N3O2/c1-3-13-11-14-16(24-13)10-9-15-17(14)22(2)19(20-15)21-18(23)12-7-5-4-6-8-12/h4-10,13H,3,11H2,1-2H3,(H,20,21,23). The maximum atomic E-state index is 12.4. The average molecular weight is 321 g/mol. The van der Waals surface area contributed by atoms with Gasteiger partial charge in [0.1, 0.15) is 11.9 Å². The number of benzene rings is 2. The van der Waals surface area contributed by atoms with Gasteiger partial charge in [0.25, 0.3) is 5.91 Å². The summed E-state index contributed by atoms with van der Waals surface area (Å²) < 4.78 is 7.89. The number of nitrogens with zero attached hydrogens (tertiary/aromatic N) is 2. The first-order chi connectivity index (χ1) is 11.7. The van der Waals surface area contributed by atoms with Crippen molar-refractivity contribution in [2.75, 3.05) is 5.32 Å². The summed E-state index contributed by atoms with van der Waals surface area (Å²) in [5.74, 6) is 1.32. The summed E-state index contributed by atoms with van der Waals surface area (Å²) in [6.45, 7) is 2.13. The molecule has 5 nitrogen and oxygen atoms in total. The fraction of sp³-hybridized carbons (Fsp3) is 0.263. The minimum absolute atomic E-state index is 0.159. The van der Waals surface area contributed by atoms with Crippen LogP contribution in [0, 0.1) is 0 Å². The summed E-state index contributed by atoms with van der Waals surface area (Å²) in [5, 5.41) is 2.90. The molecule has 0 radical (unpaired) electrons. The number of rotatable bonds is 3. The zero-order valence-corrected chi connectivity index (χ0v) is 13.7. The van der Waals surface area contributed by atoms with E-state index in [1.807, 2.05) is 41.9 Å². The number of ether oxygens (including phenoxy) is 1. The Bertz CT molecular complexity index is 915. The van der Waals surface area contributed by atoms with Crippen LogP contribution in [0.25, 0.3) is 11.0 Å². The largest absolute Gasteiger partial charge is 0.490 e. The molecule has 1 atom stereocenters. The van der Waals surface area contributed by atoms with Crippen LogP contribution < -0.4 is 10.1 Å². The Balaban J connectivity index is 1.71. The second-order valence-corrected chi connectivity index (χ2v) is 6.08. The van der Waals surface area contributed by atoms with Gasteiger partial charge >= 0.3 is 0 Å². The van der Waals surface area contributed by atoms with Crippen molar-refractivity contribution in [2.45, 2.75) is 25.9 Å². The second-order valence-electron chi connectivity index (χ2n) is 6.08. The minimum atomic E-state index is -0.159. The van der Waals surface area contributed by atoms with E-state index < -0.39 is 0 Å². The van der Waals surface area contributed by atoms with E-state index in [-0.39, 0.29) is 12.0 Å². The molecule has 4 rings (SSSR count). The Hall–Kier alpha value is -2.82. The van der Waals surface area contributed by atoms with Crippen molar-refractivity contribution in [2.24, 2.45) is 7.05 Å². The molecule has 0 saturated heterocycles. The van der Waals surface area contributed by atoms with E-state index in [1.165, 1.54) is 5.56 Å². The first-order valence-corrected chi connectivity index (χ1v) is 8.18. The van der Waals surface area contributed by atoms with Gasteiger partial charge in [0, 0.05) is 24.6 Å². The van der Waals surface area contributed by atoms with Crippen LogP contribution in [0.5, 0.6) is 5.75 Å². The van der Waals surface area contributed by atoms with Crippen molar-refractivity contribution in [3.8, 4) is 5.75 Å². The number of aromatic nitrogens is 2. The maximum absolute atomic E-state index is 12.4. The van der Waals surface area contributed by atoms with E-state index >= 15 is 0 Å². The van der Waals surface area contributed by atoms with Gasteiger partial charge in [-0.25, -0.2) is 4.98 Å². The zero-order chi connectivity index (χ0) is 16.7. The van der Waals surface area contributed by atoms with Crippen molar-refractivity contribution in [1.82, 2.24) is 9.55 Å². The molecular formula is C19H19N3O2. The van der Waals surface area contributed by atoms with E-state index in [1.54, 1.807) is 12.1 Å². The monoisotopic (exact) mass is 321 g/mol. The number of hydrogen-bond donors (Lipinski definition) is 1. The number of amides is 1. The highest BCUT2D eigenvalue weighted by atomic mass is 16.5. The number of aryl methyl sites for hydroxylation is 1. The Kier molecular flexibility index (Phi) is 3.49.